The standard InChI is InChI=1S/C26H18N2/c1-16-8-7-12-18-19-14-15-21-23(17-9-3-2-4-10-17)20-11-5-6-13-22(20)27-26(21)25(19)28-24(16)18/h2-15,27H,1H3. The van der Waals surface area contributed by atoms with Crippen LogP contribution in [0.1, 0.15) is 5.56 Å². The largest absolute Gasteiger partial charge is 0.353 e. The lowest BCUT2D eigenvalue weighted by molar-refractivity contribution is 1.44. The highest BCUT2D eigenvalue weighted by Gasteiger charge is 2.15. The predicted octanol–water partition coefficient (Wildman–Crippen LogP) is 7.00. The minimum atomic E-state index is 1.05. The molecule has 4 aromatic carbocycles. The summed E-state index contributed by atoms with van der Waals surface area (Å²) in [5, 5.41) is 4.86. The summed E-state index contributed by atoms with van der Waals surface area (Å²) >= 11 is 0. The Bertz CT molecular complexity index is 1510. The molecule has 6 rings (SSSR count). The molecule has 0 unspecified atom stereocenters. The van der Waals surface area contributed by atoms with Crippen LogP contribution < -0.4 is 0 Å². The first-order valence-electron chi connectivity index (χ1n) is 9.59. The maximum absolute atomic E-state index is 5.05. The van der Waals surface area contributed by atoms with Crippen molar-refractivity contribution in [2.24, 2.45) is 0 Å². The van der Waals surface area contributed by atoms with Gasteiger partial charge in [-0.1, -0.05) is 78.9 Å². The Morgan fingerprint density at radius 2 is 1.32 bits per heavy atom. The third-order valence-corrected chi connectivity index (χ3v) is 5.72. The van der Waals surface area contributed by atoms with Gasteiger partial charge in [-0.15, -0.1) is 0 Å². The van der Waals surface area contributed by atoms with Crippen molar-refractivity contribution < 1.29 is 0 Å². The third kappa shape index (κ3) is 2.06. The summed E-state index contributed by atoms with van der Waals surface area (Å²) in [7, 11) is 0. The number of aromatic nitrogens is 2. The summed E-state index contributed by atoms with van der Waals surface area (Å²) in [4.78, 5) is 8.73. The molecule has 0 radical (unpaired) electrons. The number of hydrogen-bond acceptors (Lipinski definition) is 1. The van der Waals surface area contributed by atoms with Crippen molar-refractivity contribution in [1.82, 2.24) is 9.97 Å². The van der Waals surface area contributed by atoms with E-state index in [1.807, 2.05) is 0 Å². The molecule has 2 heterocycles. The molecule has 0 amide bonds. The molecular formula is C26H18N2. The van der Waals surface area contributed by atoms with E-state index in [4.69, 9.17) is 4.98 Å². The van der Waals surface area contributed by atoms with E-state index in [-0.39, 0.29) is 0 Å². The van der Waals surface area contributed by atoms with E-state index in [2.05, 4.69) is 96.8 Å². The molecule has 0 aliphatic carbocycles. The Morgan fingerprint density at radius 3 is 2.21 bits per heavy atom. The number of pyridine rings is 1. The Labute approximate surface area is 162 Å². The SMILES string of the molecule is Cc1cccc2c1nc1c2ccc2c(-c3ccccc3)c3ccccc3[nH]c21. The summed E-state index contributed by atoms with van der Waals surface area (Å²) in [6.45, 7) is 2.13. The highest BCUT2D eigenvalue weighted by molar-refractivity contribution is 6.21. The number of para-hydroxylation sites is 2. The Balaban J connectivity index is 1.87. The topological polar surface area (TPSA) is 28.7 Å². The van der Waals surface area contributed by atoms with E-state index in [9.17, 15) is 0 Å². The second kappa shape index (κ2) is 5.67. The summed E-state index contributed by atoms with van der Waals surface area (Å²) in [5.41, 5.74) is 8.07. The normalized spacial score (nSPS) is 11.8. The minimum absolute atomic E-state index is 1.05. The van der Waals surface area contributed by atoms with Gasteiger partial charge in [0.05, 0.1) is 16.6 Å². The van der Waals surface area contributed by atoms with Gasteiger partial charge in [-0.2, -0.15) is 0 Å². The molecule has 28 heavy (non-hydrogen) atoms. The molecular weight excluding hydrogens is 340 g/mol. The maximum Gasteiger partial charge on any atom is 0.0957 e. The van der Waals surface area contributed by atoms with Crippen molar-refractivity contribution in [1.29, 1.82) is 0 Å². The Hall–Kier alpha value is -3.65. The molecule has 0 atom stereocenters. The number of H-pyrrole nitrogens is 1. The molecule has 0 saturated carbocycles. The zero-order chi connectivity index (χ0) is 18.7. The lowest BCUT2D eigenvalue weighted by atomic mass is 9.95. The summed E-state index contributed by atoms with van der Waals surface area (Å²) < 4.78 is 0. The zero-order valence-electron chi connectivity index (χ0n) is 15.5. The number of fused-ring (bicyclic) bond motifs is 6. The Kier molecular flexibility index (Phi) is 3.12. The molecule has 2 nitrogen and oxygen atoms in total. The van der Waals surface area contributed by atoms with Gasteiger partial charge in [0.15, 0.2) is 0 Å². The number of hydrogen-bond donors (Lipinski definition) is 1. The molecule has 0 fully saturated rings. The molecule has 0 bridgehead atoms. The van der Waals surface area contributed by atoms with E-state index in [1.165, 1.54) is 38.2 Å². The lowest BCUT2D eigenvalue weighted by Crippen LogP contribution is -1.90. The van der Waals surface area contributed by atoms with Gasteiger partial charge >= 0.3 is 0 Å². The van der Waals surface area contributed by atoms with Crippen LogP contribution in [-0.2, 0) is 0 Å². The van der Waals surface area contributed by atoms with Crippen molar-refractivity contribution in [3.05, 3.63) is 90.5 Å². The Morgan fingerprint density at radius 1 is 0.607 bits per heavy atom. The summed E-state index contributed by atoms with van der Waals surface area (Å²) in [6, 6.07) is 30.0. The van der Waals surface area contributed by atoms with E-state index in [1.54, 1.807) is 0 Å². The smallest absolute Gasteiger partial charge is 0.0957 e. The molecule has 2 aromatic heterocycles. The van der Waals surface area contributed by atoms with Gasteiger partial charge in [0.1, 0.15) is 0 Å². The van der Waals surface area contributed by atoms with Gasteiger partial charge in [0.25, 0.3) is 0 Å². The van der Waals surface area contributed by atoms with Crippen molar-refractivity contribution in [2.75, 3.05) is 0 Å². The zero-order valence-corrected chi connectivity index (χ0v) is 15.5. The average Bonchev–Trinajstić information content (AvgIpc) is 3.13. The summed E-state index contributed by atoms with van der Waals surface area (Å²) in [5.74, 6) is 0. The first-order valence-corrected chi connectivity index (χ1v) is 9.59. The number of nitrogens with one attached hydrogen (secondary N) is 1. The maximum atomic E-state index is 5.05. The van der Waals surface area contributed by atoms with Crippen LogP contribution in [0.2, 0.25) is 0 Å². The second-order valence-corrected chi connectivity index (χ2v) is 7.38. The first kappa shape index (κ1) is 15.4. The van der Waals surface area contributed by atoms with Crippen molar-refractivity contribution >= 4 is 43.6 Å². The van der Waals surface area contributed by atoms with Gasteiger partial charge < -0.3 is 4.98 Å². The first-order chi connectivity index (χ1) is 13.8. The van der Waals surface area contributed by atoms with E-state index < -0.39 is 0 Å². The molecule has 0 aliphatic heterocycles. The van der Waals surface area contributed by atoms with Crippen LogP contribution in [0.15, 0.2) is 84.9 Å². The molecule has 0 aliphatic rings. The predicted molar refractivity (Wildman–Crippen MR) is 119 cm³/mol. The highest BCUT2D eigenvalue weighted by Crippen LogP contribution is 2.39. The molecule has 132 valence electrons. The van der Waals surface area contributed by atoms with Crippen molar-refractivity contribution in [3.8, 4) is 11.1 Å². The van der Waals surface area contributed by atoms with Crippen LogP contribution in [0.4, 0.5) is 0 Å². The van der Waals surface area contributed by atoms with Crippen molar-refractivity contribution in [3.63, 3.8) is 0 Å². The van der Waals surface area contributed by atoms with E-state index in [0.29, 0.717) is 0 Å². The van der Waals surface area contributed by atoms with Crippen LogP contribution in [0.25, 0.3) is 54.7 Å². The van der Waals surface area contributed by atoms with Crippen LogP contribution in [0.3, 0.4) is 0 Å². The van der Waals surface area contributed by atoms with Crippen LogP contribution in [-0.4, -0.2) is 9.97 Å². The van der Waals surface area contributed by atoms with Gasteiger partial charge in [-0.3, -0.25) is 0 Å². The minimum Gasteiger partial charge on any atom is -0.353 e. The van der Waals surface area contributed by atoms with Gasteiger partial charge in [0.2, 0.25) is 0 Å². The number of benzene rings is 4. The number of aryl methyl sites for hydroxylation is 1. The van der Waals surface area contributed by atoms with Crippen LogP contribution in [0, 0.1) is 6.92 Å². The van der Waals surface area contributed by atoms with E-state index >= 15 is 0 Å². The molecule has 0 saturated heterocycles. The van der Waals surface area contributed by atoms with Gasteiger partial charge in [-0.05, 0) is 24.1 Å². The van der Waals surface area contributed by atoms with Crippen LogP contribution in [0.5, 0.6) is 0 Å². The van der Waals surface area contributed by atoms with Crippen molar-refractivity contribution in [2.45, 2.75) is 6.92 Å². The quantitative estimate of drug-likeness (QED) is 0.315. The highest BCUT2D eigenvalue weighted by atomic mass is 14.8. The molecule has 6 aromatic rings. The van der Waals surface area contributed by atoms with Gasteiger partial charge in [0, 0.05) is 32.6 Å². The molecule has 2 heteroatoms. The third-order valence-electron chi connectivity index (χ3n) is 5.72. The van der Waals surface area contributed by atoms with E-state index in [0.717, 1.165) is 22.1 Å². The van der Waals surface area contributed by atoms with Crippen LogP contribution >= 0.6 is 0 Å². The second-order valence-electron chi connectivity index (χ2n) is 7.38. The summed E-state index contributed by atoms with van der Waals surface area (Å²) in [6.07, 6.45) is 0. The fourth-order valence-electron chi connectivity index (χ4n) is 4.40. The molecule has 0 spiro atoms. The van der Waals surface area contributed by atoms with Gasteiger partial charge in [-0.25, -0.2) is 4.98 Å². The number of nitrogens with zero attached hydrogens (tertiary/aromatic N) is 1. The molecule has 1 N–H and O–H groups in total. The number of aromatic amines is 1. The fourth-order valence-corrected chi connectivity index (χ4v) is 4.40. The number of rotatable bonds is 1. The fraction of sp³-hybridized carbons (Fsp3) is 0.0385. The monoisotopic (exact) mass is 358 g/mol. The average molecular weight is 358 g/mol. The lowest BCUT2D eigenvalue weighted by Gasteiger charge is -2.13.